The lowest BCUT2D eigenvalue weighted by Crippen LogP contribution is -2.10. The standard InChI is InChI=1S/C39H20N6/c1-43-33-19-26(23-40)17-31(21-33)28-7-12-35(13-8-28)45(39-16-11-30(25-42)37-5-3-4-6-38(37)39)36-14-9-29(10-15-36)32-18-27(24-41)20-34(22-32)44-2/h3-22H. The van der Waals surface area contributed by atoms with E-state index in [2.05, 4.69) is 32.8 Å². The molecule has 0 amide bonds. The second kappa shape index (κ2) is 12.0. The molecule has 0 spiro atoms. The minimum atomic E-state index is 0.405. The van der Waals surface area contributed by atoms with Crippen LogP contribution in [0.4, 0.5) is 28.4 Å². The summed E-state index contributed by atoms with van der Waals surface area (Å²) in [6.45, 7) is 14.8. The Kier molecular flexibility index (Phi) is 7.45. The number of hydrogen-bond donors (Lipinski definition) is 0. The van der Waals surface area contributed by atoms with E-state index in [1.54, 1.807) is 36.4 Å². The summed E-state index contributed by atoms with van der Waals surface area (Å²) in [5, 5.41) is 30.5. The fourth-order valence-corrected chi connectivity index (χ4v) is 5.42. The highest BCUT2D eigenvalue weighted by molar-refractivity contribution is 6.01. The highest BCUT2D eigenvalue weighted by Crippen LogP contribution is 2.41. The number of fused-ring (bicyclic) bond motifs is 1. The summed E-state index contributed by atoms with van der Waals surface area (Å²) in [6, 6.07) is 44.2. The van der Waals surface area contributed by atoms with Crippen LogP contribution in [-0.2, 0) is 0 Å². The molecule has 0 N–H and O–H groups in total. The van der Waals surface area contributed by atoms with Crippen molar-refractivity contribution in [2.24, 2.45) is 0 Å². The number of anilines is 3. The highest BCUT2D eigenvalue weighted by Gasteiger charge is 2.17. The number of nitrogens with zero attached hydrogens (tertiary/aromatic N) is 6. The second-order valence-electron chi connectivity index (χ2n) is 10.2. The van der Waals surface area contributed by atoms with Crippen molar-refractivity contribution in [3.63, 3.8) is 0 Å². The molecule has 0 aliphatic heterocycles. The number of rotatable bonds is 5. The Balaban J connectivity index is 1.49. The lowest BCUT2D eigenvalue weighted by molar-refractivity contribution is 1.30. The van der Waals surface area contributed by atoms with Crippen LogP contribution >= 0.6 is 0 Å². The second-order valence-corrected chi connectivity index (χ2v) is 10.2. The van der Waals surface area contributed by atoms with E-state index in [9.17, 15) is 15.8 Å². The Bertz CT molecular complexity index is 2130. The molecule has 0 heterocycles. The van der Waals surface area contributed by atoms with E-state index < -0.39 is 0 Å². The van der Waals surface area contributed by atoms with Crippen LogP contribution < -0.4 is 4.90 Å². The number of hydrogen-bond acceptors (Lipinski definition) is 4. The molecule has 6 aromatic carbocycles. The summed E-state index contributed by atoms with van der Waals surface area (Å²) in [5.74, 6) is 0. The maximum absolute atomic E-state index is 9.79. The molecule has 0 radical (unpaired) electrons. The fourth-order valence-electron chi connectivity index (χ4n) is 5.42. The van der Waals surface area contributed by atoms with Crippen LogP contribution in [0.5, 0.6) is 0 Å². The van der Waals surface area contributed by atoms with Gasteiger partial charge in [-0.3, -0.25) is 0 Å². The van der Waals surface area contributed by atoms with E-state index in [0.717, 1.165) is 50.1 Å². The van der Waals surface area contributed by atoms with Gasteiger partial charge in [-0.05, 0) is 95.1 Å². The van der Waals surface area contributed by atoms with E-state index in [0.29, 0.717) is 28.1 Å². The molecule has 6 rings (SSSR count). The molecular weight excluding hydrogens is 552 g/mol. The average molecular weight is 573 g/mol. The molecule has 0 aliphatic carbocycles. The van der Waals surface area contributed by atoms with Gasteiger partial charge in [0.05, 0.1) is 42.6 Å². The zero-order chi connectivity index (χ0) is 31.3. The van der Waals surface area contributed by atoms with Crippen molar-refractivity contribution in [2.45, 2.75) is 0 Å². The maximum atomic E-state index is 9.79. The highest BCUT2D eigenvalue weighted by atomic mass is 15.1. The van der Waals surface area contributed by atoms with Crippen LogP contribution in [0.1, 0.15) is 16.7 Å². The van der Waals surface area contributed by atoms with E-state index in [4.69, 9.17) is 13.1 Å². The Morgan fingerprint density at radius 3 is 1.42 bits per heavy atom. The van der Waals surface area contributed by atoms with Crippen molar-refractivity contribution in [2.75, 3.05) is 4.90 Å². The minimum absolute atomic E-state index is 0.405. The van der Waals surface area contributed by atoms with Crippen molar-refractivity contribution in [3.8, 4) is 40.5 Å². The monoisotopic (exact) mass is 572 g/mol. The third-order valence-electron chi connectivity index (χ3n) is 7.53. The van der Waals surface area contributed by atoms with Crippen LogP contribution in [0.25, 0.3) is 42.7 Å². The van der Waals surface area contributed by atoms with Crippen molar-refractivity contribution in [3.05, 3.63) is 161 Å². The Labute approximate surface area is 260 Å². The van der Waals surface area contributed by atoms with Crippen molar-refractivity contribution in [1.82, 2.24) is 0 Å². The quantitative estimate of drug-likeness (QED) is 0.192. The molecule has 0 bridgehead atoms. The minimum Gasteiger partial charge on any atom is -0.310 e. The SMILES string of the molecule is [C-]#[N+]c1cc(C#N)cc(-c2ccc(N(c3ccc(-c4cc(C#N)cc([N+]#[C-])c4)cc3)c3ccc(C#N)c4ccccc34)cc2)c1. The Morgan fingerprint density at radius 2 is 0.978 bits per heavy atom. The third kappa shape index (κ3) is 5.42. The predicted octanol–water partition coefficient (Wildman–Crippen LogP) is 10.4. The lowest BCUT2D eigenvalue weighted by atomic mass is 9.99. The molecule has 0 saturated heterocycles. The van der Waals surface area contributed by atoms with Crippen molar-refractivity contribution >= 4 is 39.2 Å². The van der Waals surface area contributed by atoms with E-state index in [1.165, 1.54) is 0 Å². The normalized spacial score (nSPS) is 10.1. The summed E-state index contributed by atoms with van der Waals surface area (Å²) in [6.07, 6.45) is 0. The first-order valence-corrected chi connectivity index (χ1v) is 13.8. The lowest BCUT2D eigenvalue weighted by Gasteiger charge is -2.27. The topological polar surface area (TPSA) is 83.3 Å². The van der Waals surface area contributed by atoms with Gasteiger partial charge in [0, 0.05) is 33.3 Å². The van der Waals surface area contributed by atoms with Gasteiger partial charge in [-0.2, -0.15) is 15.8 Å². The predicted molar refractivity (Wildman–Crippen MR) is 176 cm³/mol. The van der Waals surface area contributed by atoms with Gasteiger partial charge in [0.15, 0.2) is 11.4 Å². The van der Waals surface area contributed by atoms with Crippen LogP contribution in [0.3, 0.4) is 0 Å². The van der Waals surface area contributed by atoms with Gasteiger partial charge in [-0.1, -0.05) is 48.5 Å². The molecule has 0 unspecified atom stereocenters. The van der Waals surface area contributed by atoms with Crippen LogP contribution in [0.15, 0.2) is 121 Å². The molecule has 0 aromatic heterocycles. The fraction of sp³-hybridized carbons (Fsp3) is 0. The Morgan fingerprint density at radius 1 is 0.489 bits per heavy atom. The molecule has 6 aromatic rings. The van der Waals surface area contributed by atoms with Gasteiger partial charge in [-0.15, -0.1) is 0 Å². The first-order chi connectivity index (χ1) is 22.0. The van der Waals surface area contributed by atoms with Crippen LogP contribution in [-0.4, -0.2) is 0 Å². The molecule has 6 nitrogen and oxygen atoms in total. The summed E-state index contributed by atoms with van der Waals surface area (Å²) < 4.78 is 0. The van der Waals surface area contributed by atoms with Crippen molar-refractivity contribution in [1.29, 1.82) is 15.8 Å². The molecule has 206 valence electrons. The Hall–Kier alpha value is -7.17. The maximum Gasteiger partial charge on any atom is 0.189 e. The third-order valence-corrected chi connectivity index (χ3v) is 7.53. The molecule has 0 fully saturated rings. The van der Waals surface area contributed by atoms with Gasteiger partial charge in [0.2, 0.25) is 0 Å². The molecule has 6 heteroatoms. The van der Waals surface area contributed by atoms with Gasteiger partial charge in [0.1, 0.15) is 0 Å². The summed E-state index contributed by atoms with van der Waals surface area (Å²) >= 11 is 0. The first kappa shape index (κ1) is 28.0. The molecule has 0 atom stereocenters. The van der Waals surface area contributed by atoms with Gasteiger partial charge < -0.3 is 4.90 Å². The zero-order valence-corrected chi connectivity index (χ0v) is 23.7. The summed E-state index contributed by atoms with van der Waals surface area (Å²) in [7, 11) is 0. The van der Waals surface area contributed by atoms with Crippen molar-refractivity contribution < 1.29 is 0 Å². The number of nitriles is 3. The van der Waals surface area contributed by atoms with E-state index in [-0.39, 0.29) is 0 Å². The smallest absolute Gasteiger partial charge is 0.189 e. The van der Waals surface area contributed by atoms with Crippen LogP contribution in [0.2, 0.25) is 0 Å². The van der Waals surface area contributed by atoms with E-state index >= 15 is 0 Å². The largest absolute Gasteiger partial charge is 0.310 e. The molecule has 0 saturated carbocycles. The van der Waals surface area contributed by atoms with Gasteiger partial charge in [0.25, 0.3) is 0 Å². The molecular formula is C39H20N6. The van der Waals surface area contributed by atoms with Gasteiger partial charge in [-0.25, -0.2) is 9.69 Å². The molecule has 0 aliphatic rings. The van der Waals surface area contributed by atoms with E-state index in [1.807, 2.05) is 84.9 Å². The summed E-state index contributed by atoms with van der Waals surface area (Å²) in [5.41, 5.74) is 8.17. The zero-order valence-electron chi connectivity index (χ0n) is 23.7. The molecule has 45 heavy (non-hydrogen) atoms. The first-order valence-electron chi connectivity index (χ1n) is 13.8. The van der Waals surface area contributed by atoms with Gasteiger partial charge >= 0.3 is 0 Å². The average Bonchev–Trinajstić information content (AvgIpc) is 3.11. The van der Waals surface area contributed by atoms with Crippen LogP contribution in [0, 0.1) is 47.1 Å². The number of benzene rings is 6. The summed E-state index contributed by atoms with van der Waals surface area (Å²) in [4.78, 5) is 9.15.